The third kappa shape index (κ3) is 9.86. The molecule has 0 aliphatic heterocycles. The maximum atomic E-state index is 12.7. The van der Waals surface area contributed by atoms with E-state index >= 15 is 0 Å². The molecule has 12 heteroatoms. The predicted octanol–water partition coefficient (Wildman–Crippen LogP) is 2.61. The van der Waals surface area contributed by atoms with Crippen LogP contribution in [0.3, 0.4) is 0 Å². The first-order valence-corrected chi connectivity index (χ1v) is 12.5. The van der Waals surface area contributed by atoms with Gasteiger partial charge in [0.2, 0.25) is 11.8 Å². The first-order chi connectivity index (χ1) is 18.9. The summed E-state index contributed by atoms with van der Waals surface area (Å²) >= 11 is 0. The van der Waals surface area contributed by atoms with Gasteiger partial charge in [-0.2, -0.15) is 4.98 Å². The van der Waals surface area contributed by atoms with Gasteiger partial charge in [0.05, 0.1) is 26.6 Å². The average molecular weight is 555 g/mol. The lowest BCUT2D eigenvalue weighted by Crippen LogP contribution is -2.51. The van der Waals surface area contributed by atoms with Crippen LogP contribution in [0.15, 0.2) is 46.9 Å². The normalized spacial score (nSPS) is 11.2. The molecule has 3 rings (SSSR count). The molecule has 1 unspecified atom stereocenters. The van der Waals surface area contributed by atoms with Crippen LogP contribution < -0.4 is 20.7 Å². The van der Waals surface area contributed by atoms with Crippen molar-refractivity contribution in [2.45, 2.75) is 40.2 Å². The number of oxazole rings is 1. The molecule has 1 heterocycles. The Hall–Kier alpha value is -4.74. The van der Waals surface area contributed by atoms with E-state index in [4.69, 9.17) is 19.1 Å². The maximum Gasteiger partial charge on any atom is 0.300 e. The molecule has 0 fully saturated rings. The van der Waals surface area contributed by atoms with Crippen LogP contribution in [0.4, 0.5) is 6.01 Å². The summed E-state index contributed by atoms with van der Waals surface area (Å²) in [5.74, 6) is -1.89. The Morgan fingerprint density at radius 1 is 1.02 bits per heavy atom. The summed E-state index contributed by atoms with van der Waals surface area (Å²) in [5.41, 5.74) is 2.26. The lowest BCUT2D eigenvalue weighted by atomic mass is 10.0. The highest BCUT2D eigenvalue weighted by atomic mass is 16.5. The maximum absolute atomic E-state index is 12.7. The molecule has 0 aliphatic carbocycles. The smallest absolute Gasteiger partial charge is 0.300 e. The lowest BCUT2D eigenvalue weighted by Gasteiger charge is -2.22. The standard InChI is InChI=1S/C26H30N4O6.C2H4O2/c1-15(2)24(30-23(33)12-18-11-17(16(3)31)9-10-21(18)35-4)25(34)27-13-19(32)14-28-26-29-20-7-5-6-8-22(20)36-26;1-2(3)4/h5-11,15,24H,12-14H2,1-4H3,(H,27,34)(H,28,29)(H,30,33);1H3,(H,3,4). The van der Waals surface area contributed by atoms with Crippen LogP contribution in [0.5, 0.6) is 5.75 Å². The lowest BCUT2D eigenvalue weighted by molar-refractivity contribution is -0.134. The van der Waals surface area contributed by atoms with Gasteiger partial charge in [-0.05, 0) is 43.2 Å². The van der Waals surface area contributed by atoms with Gasteiger partial charge in [0, 0.05) is 18.1 Å². The number of aliphatic carboxylic acids is 1. The van der Waals surface area contributed by atoms with E-state index in [0.717, 1.165) is 6.92 Å². The zero-order valence-corrected chi connectivity index (χ0v) is 23.1. The summed E-state index contributed by atoms with van der Waals surface area (Å²) in [6.07, 6.45) is -0.0753. The molecule has 0 radical (unpaired) electrons. The molecule has 1 atom stereocenters. The number of fused-ring (bicyclic) bond motifs is 1. The number of rotatable bonds is 12. The third-order valence-electron chi connectivity index (χ3n) is 5.49. The highest BCUT2D eigenvalue weighted by molar-refractivity contribution is 5.95. The number of ketones is 2. The number of anilines is 1. The number of para-hydroxylation sites is 2. The quantitative estimate of drug-likeness (QED) is 0.243. The van der Waals surface area contributed by atoms with E-state index < -0.39 is 23.8 Å². The summed E-state index contributed by atoms with van der Waals surface area (Å²) < 4.78 is 10.8. The monoisotopic (exact) mass is 554 g/mol. The number of Topliss-reactive ketones (excluding diaryl/α,β-unsaturated/α-hetero) is 2. The number of amides is 2. The van der Waals surface area contributed by atoms with Crippen LogP contribution in [0, 0.1) is 5.92 Å². The van der Waals surface area contributed by atoms with E-state index in [0.29, 0.717) is 28.0 Å². The van der Waals surface area contributed by atoms with Crippen LogP contribution in [0.25, 0.3) is 11.1 Å². The zero-order chi connectivity index (χ0) is 29.8. The van der Waals surface area contributed by atoms with Gasteiger partial charge in [0.25, 0.3) is 12.0 Å². The Morgan fingerprint density at radius 2 is 1.70 bits per heavy atom. The molecule has 0 saturated heterocycles. The van der Waals surface area contributed by atoms with E-state index in [1.54, 1.807) is 44.2 Å². The fourth-order valence-electron chi connectivity index (χ4n) is 3.55. The third-order valence-corrected chi connectivity index (χ3v) is 5.49. The topological polar surface area (TPSA) is 177 Å². The van der Waals surface area contributed by atoms with E-state index in [2.05, 4.69) is 20.9 Å². The second kappa shape index (κ2) is 15.0. The molecule has 4 N–H and O–H groups in total. The molecule has 0 bridgehead atoms. The SMILES string of the molecule is CC(=O)O.COc1ccc(C(C)=O)cc1CC(=O)NC(C(=O)NCC(=O)CNc1nc2ccccc2o1)C(C)C. The number of hydrogen-bond donors (Lipinski definition) is 4. The van der Waals surface area contributed by atoms with Gasteiger partial charge in [-0.3, -0.25) is 24.0 Å². The van der Waals surface area contributed by atoms with Crippen molar-refractivity contribution >= 4 is 46.5 Å². The highest BCUT2D eigenvalue weighted by Gasteiger charge is 2.25. The van der Waals surface area contributed by atoms with Gasteiger partial charge in [-0.25, -0.2) is 0 Å². The average Bonchev–Trinajstić information content (AvgIpc) is 3.31. The fourth-order valence-corrected chi connectivity index (χ4v) is 3.55. The zero-order valence-electron chi connectivity index (χ0n) is 23.1. The van der Waals surface area contributed by atoms with Crippen molar-refractivity contribution in [2.24, 2.45) is 5.92 Å². The molecule has 0 spiro atoms. The molecule has 0 saturated carbocycles. The number of hydrogen-bond acceptors (Lipinski definition) is 9. The molecular formula is C28H34N4O8. The number of carbonyl (C=O) groups excluding carboxylic acids is 4. The van der Waals surface area contributed by atoms with E-state index in [1.165, 1.54) is 14.0 Å². The van der Waals surface area contributed by atoms with Gasteiger partial charge in [-0.15, -0.1) is 0 Å². The van der Waals surface area contributed by atoms with Gasteiger partial charge in [0.15, 0.2) is 17.1 Å². The molecular weight excluding hydrogens is 520 g/mol. The Morgan fingerprint density at radius 3 is 2.30 bits per heavy atom. The Kier molecular flexibility index (Phi) is 11.8. The molecule has 2 aromatic carbocycles. The first-order valence-electron chi connectivity index (χ1n) is 12.5. The summed E-state index contributed by atoms with van der Waals surface area (Å²) in [6.45, 7) is 5.79. The minimum atomic E-state index is -0.850. The number of carbonyl (C=O) groups is 5. The number of ether oxygens (including phenoxy) is 1. The van der Waals surface area contributed by atoms with Crippen LogP contribution >= 0.6 is 0 Å². The van der Waals surface area contributed by atoms with Crippen molar-refractivity contribution in [3.05, 3.63) is 53.6 Å². The summed E-state index contributed by atoms with van der Waals surface area (Å²) in [5, 5.41) is 15.5. The number of aromatic nitrogens is 1. The summed E-state index contributed by atoms with van der Waals surface area (Å²) in [6, 6.07) is 11.4. The fraction of sp³-hybridized carbons (Fsp3) is 0.357. The summed E-state index contributed by atoms with van der Waals surface area (Å²) in [7, 11) is 1.48. The first kappa shape index (κ1) is 31.5. The van der Waals surface area contributed by atoms with Gasteiger partial charge >= 0.3 is 0 Å². The molecule has 12 nitrogen and oxygen atoms in total. The van der Waals surface area contributed by atoms with Crippen molar-refractivity contribution in [1.29, 1.82) is 0 Å². The number of nitrogens with zero attached hydrogens (tertiary/aromatic N) is 1. The minimum Gasteiger partial charge on any atom is -0.496 e. The summed E-state index contributed by atoms with van der Waals surface area (Å²) in [4.78, 5) is 62.7. The van der Waals surface area contributed by atoms with Crippen molar-refractivity contribution in [3.63, 3.8) is 0 Å². The van der Waals surface area contributed by atoms with Gasteiger partial charge < -0.3 is 30.2 Å². The van der Waals surface area contributed by atoms with Gasteiger partial charge in [0.1, 0.15) is 17.3 Å². The van der Waals surface area contributed by atoms with Crippen molar-refractivity contribution < 1.29 is 38.2 Å². The second-order valence-electron chi connectivity index (χ2n) is 9.16. The van der Waals surface area contributed by atoms with Crippen molar-refractivity contribution in [1.82, 2.24) is 15.6 Å². The van der Waals surface area contributed by atoms with Crippen LogP contribution in [0.1, 0.15) is 43.6 Å². The minimum absolute atomic E-state index is 0.0753. The largest absolute Gasteiger partial charge is 0.496 e. The Balaban J connectivity index is 0.00000131. The van der Waals surface area contributed by atoms with Crippen LogP contribution in [-0.4, -0.2) is 65.7 Å². The van der Waals surface area contributed by atoms with Gasteiger partial charge in [-0.1, -0.05) is 26.0 Å². The Bertz CT molecular complexity index is 1330. The molecule has 40 heavy (non-hydrogen) atoms. The predicted molar refractivity (Wildman–Crippen MR) is 147 cm³/mol. The molecule has 2 amide bonds. The van der Waals surface area contributed by atoms with E-state index in [-0.39, 0.29) is 43.0 Å². The van der Waals surface area contributed by atoms with Crippen molar-refractivity contribution in [3.8, 4) is 5.75 Å². The van der Waals surface area contributed by atoms with Crippen LogP contribution in [-0.2, 0) is 25.6 Å². The van der Waals surface area contributed by atoms with Crippen LogP contribution in [0.2, 0.25) is 0 Å². The van der Waals surface area contributed by atoms with E-state index in [9.17, 15) is 19.2 Å². The van der Waals surface area contributed by atoms with Crippen molar-refractivity contribution in [2.75, 3.05) is 25.5 Å². The number of carboxylic acid groups (broad SMARTS) is 1. The van der Waals surface area contributed by atoms with E-state index in [1.807, 2.05) is 12.1 Å². The molecule has 3 aromatic rings. The number of methoxy groups -OCH3 is 1. The molecule has 0 aliphatic rings. The highest BCUT2D eigenvalue weighted by Crippen LogP contribution is 2.21. The molecule has 214 valence electrons. The Labute approximate surface area is 231 Å². The number of nitrogens with one attached hydrogen (secondary N) is 3. The number of benzene rings is 2. The number of carboxylic acids is 1. The molecule has 1 aromatic heterocycles. The second-order valence-corrected chi connectivity index (χ2v) is 9.16.